The first-order valence-electron chi connectivity index (χ1n) is 16.3. The maximum absolute atomic E-state index is 14.9. The highest BCUT2D eigenvalue weighted by Gasteiger charge is 2.55. The molecule has 0 fully saturated rings. The van der Waals surface area contributed by atoms with Crippen LogP contribution in [0.25, 0.3) is 0 Å². The second kappa shape index (κ2) is 11.6. The maximum atomic E-state index is 14.9. The molecule has 0 saturated heterocycles. The Morgan fingerprint density at radius 2 is 0.816 bits per heavy atom. The number of esters is 1. The lowest BCUT2D eigenvalue weighted by atomic mass is 9.77. The van der Waals surface area contributed by atoms with Crippen LogP contribution >= 0.6 is 0 Å². The Morgan fingerprint density at radius 3 is 1.29 bits per heavy atom. The van der Waals surface area contributed by atoms with Crippen molar-refractivity contribution in [2.24, 2.45) is 0 Å². The van der Waals surface area contributed by atoms with Gasteiger partial charge in [-0.15, -0.1) is 0 Å². The number of fused-ring (bicyclic) bond motifs is 6. The number of para-hydroxylation sites is 6. The fraction of sp³-hybridized carbons (Fsp3) is 0.0227. The maximum Gasteiger partial charge on any atom is 0.342 e. The predicted molar refractivity (Wildman–Crippen MR) is 194 cm³/mol. The summed E-state index contributed by atoms with van der Waals surface area (Å²) >= 11 is 0. The molecule has 7 aromatic carbocycles. The van der Waals surface area contributed by atoms with Crippen molar-refractivity contribution < 1.29 is 14.3 Å². The Hall–Kier alpha value is -6.59. The van der Waals surface area contributed by atoms with Gasteiger partial charge in [0.2, 0.25) is 0 Å². The highest BCUT2D eigenvalue weighted by Crippen LogP contribution is 2.59. The SMILES string of the molecule is O=C1OC2(c3ccccc3Oc3ccccc32)c2ccc(N(c3ccccc3)c3ccccc3)c(N(c3ccccc3)c3ccccc3)c21. The molecule has 5 heteroatoms. The molecule has 1 spiro atoms. The summed E-state index contributed by atoms with van der Waals surface area (Å²) in [5, 5.41) is 0. The summed E-state index contributed by atoms with van der Waals surface area (Å²) < 4.78 is 13.2. The van der Waals surface area contributed by atoms with Crippen molar-refractivity contribution in [2.45, 2.75) is 5.60 Å². The highest BCUT2D eigenvalue weighted by molar-refractivity contribution is 6.09. The minimum atomic E-state index is -1.21. The summed E-state index contributed by atoms with van der Waals surface area (Å²) in [4.78, 5) is 19.3. The molecule has 5 nitrogen and oxygen atoms in total. The quantitative estimate of drug-likeness (QED) is 0.170. The molecule has 0 unspecified atom stereocenters. The van der Waals surface area contributed by atoms with Crippen LogP contribution in [-0.2, 0) is 10.3 Å². The van der Waals surface area contributed by atoms with Gasteiger partial charge in [-0.2, -0.15) is 0 Å². The lowest BCUT2D eigenvalue weighted by Gasteiger charge is -2.37. The van der Waals surface area contributed by atoms with E-state index in [9.17, 15) is 4.79 Å². The summed E-state index contributed by atoms with van der Waals surface area (Å²) in [6, 6.07) is 60.7. The zero-order valence-electron chi connectivity index (χ0n) is 26.4. The normalized spacial score (nSPS) is 13.4. The molecule has 0 N–H and O–H groups in total. The van der Waals surface area contributed by atoms with Crippen LogP contribution in [0, 0.1) is 0 Å². The fourth-order valence-electron chi connectivity index (χ4n) is 7.23. The first kappa shape index (κ1) is 28.6. The number of carbonyl (C=O) groups is 1. The third-order valence-electron chi connectivity index (χ3n) is 9.26. The summed E-state index contributed by atoms with van der Waals surface area (Å²) in [6.07, 6.45) is 0. The summed E-state index contributed by atoms with van der Waals surface area (Å²) in [7, 11) is 0. The summed E-state index contributed by atoms with van der Waals surface area (Å²) in [5.41, 5.74) is 6.88. The van der Waals surface area contributed by atoms with E-state index in [2.05, 4.69) is 70.5 Å². The monoisotopic (exact) mass is 634 g/mol. The third kappa shape index (κ3) is 4.51. The summed E-state index contributed by atoms with van der Waals surface area (Å²) in [5.74, 6) is 0.910. The first-order valence-corrected chi connectivity index (χ1v) is 16.3. The van der Waals surface area contributed by atoms with Gasteiger partial charge in [-0.1, -0.05) is 115 Å². The second-order valence-electron chi connectivity index (χ2n) is 12.0. The minimum Gasteiger partial charge on any atom is -0.456 e. The van der Waals surface area contributed by atoms with E-state index >= 15 is 0 Å². The number of hydrogen-bond donors (Lipinski definition) is 0. The molecule has 2 heterocycles. The number of nitrogens with zero attached hydrogens (tertiary/aromatic N) is 2. The molecule has 0 bridgehead atoms. The van der Waals surface area contributed by atoms with E-state index in [4.69, 9.17) is 9.47 Å². The van der Waals surface area contributed by atoms with E-state index in [-0.39, 0.29) is 0 Å². The average molecular weight is 635 g/mol. The Labute approximate surface area is 284 Å². The molecule has 0 radical (unpaired) electrons. The van der Waals surface area contributed by atoms with Crippen LogP contribution in [0.5, 0.6) is 11.5 Å². The summed E-state index contributed by atoms with van der Waals surface area (Å²) in [6.45, 7) is 0. The minimum absolute atomic E-state index is 0.406. The van der Waals surface area contributed by atoms with Crippen molar-refractivity contribution >= 4 is 40.1 Å². The van der Waals surface area contributed by atoms with Crippen molar-refractivity contribution in [3.63, 3.8) is 0 Å². The number of carbonyl (C=O) groups excluding carboxylic acids is 1. The smallest absolute Gasteiger partial charge is 0.342 e. The van der Waals surface area contributed by atoms with Gasteiger partial charge in [-0.25, -0.2) is 4.79 Å². The molecule has 7 aromatic rings. The third-order valence-corrected chi connectivity index (χ3v) is 9.26. The molecule has 0 saturated carbocycles. The number of ether oxygens (including phenoxy) is 2. The zero-order chi connectivity index (χ0) is 32.8. The fourth-order valence-corrected chi connectivity index (χ4v) is 7.23. The van der Waals surface area contributed by atoms with Gasteiger partial charge in [0.05, 0.1) is 16.9 Å². The van der Waals surface area contributed by atoms with E-state index in [0.29, 0.717) is 22.7 Å². The van der Waals surface area contributed by atoms with Gasteiger partial charge in [-0.3, -0.25) is 0 Å². The molecular formula is C44H30N2O3. The average Bonchev–Trinajstić information content (AvgIpc) is 3.46. The molecule has 2 aliphatic rings. The zero-order valence-corrected chi connectivity index (χ0v) is 26.4. The van der Waals surface area contributed by atoms with Gasteiger partial charge in [0.25, 0.3) is 0 Å². The van der Waals surface area contributed by atoms with Crippen LogP contribution in [0.3, 0.4) is 0 Å². The van der Waals surface area contributed by atoms with Crippen molar-refractivity contribution in [1.82, 2.24) is 0 Å². The first-order chi connectivity index (χ1) is 24.2. The Kier molecular flexibility index (Phi) is 6.76. The van der Waals surface area contributed by atoms with E-state index < -0.39 is 11.6 Å². The number of benzene rings is 7. The molecule has 2 aliphatic heterocycles. The lowest BCUT2D eigenvalue weighted by molar-refractivity contribution is 0.0225. The van der Waals surface area contributed by atoms with E-state index in [1.807, 2.05) is 121 Å². The molecular weight excluding hydrogens is 604 g/mol. The molecule has 0 aromatic heterocycles. The van der Waals surface area contributed by atoms with Gasteiger partial charge >= 0.3 is 5.97 Å². The second-order valence-corrected chi connectivity index (χ2v) is 12.0. The van der Waals surface area contributed by atoms with Crippen LogP contribution in [0.15, 0.2) is 182 Å². The number of anilines is 6. The van der Waals surface area contributed by atoms with Crippen molar-refractivity contribution in [2.75, 3.05) is 9.80 Å². The Morgan fingerprint density at radius 1 is 0.408 bits per heavy atom. The van der Waals surface area contributed by atoms with Gasteiger partial charge in [-0.05, 0) is 66.7 Å². The Bertz CT molecular complexity index is 2180. The van der Waals surface area contributed by atoms with Gasteiger partial charge in [0.1, 0.15) is 11.5 Å². The predicted octanol–water partition coefficient (Wildman–Crippen LogP) is 11.2. The molecule has 0 aliphatic carbocycles. The molecule has 49 heavy (non-hydrogen) atoms. The molecule has 0 atom stereocenters. The van der Waals surface area contributed by atoms with Gasteiger partial charge < -0.3 is 19.3 Å². The van der Waals surface area contributed by atoms with Crippen molar-refractivity contribution in [3.05, 3.63) is 204 Å². The van der Waals surface area contributed by atoms with Crippen LogP contribution in [-0.4, -0.2) is 5.97 Å². The number of hydrogen-bond acceptors (Lipinski definition) is 5. The van der Waals surface area contributed by atoms with Crippen molar-refractivity contribution in [3.8, 4) is 11.5 Å². The highest BCUT2D eigenvalue weighted by atomic mass is 16.6. The van der Waals surface area contributed by atoms with Crippen molar-refractivity contribution in [1.29, 1.82) is 0 Å². The topological polar surface area (TPSA) is 42.0 Å². The number of rotatable bonds is 6. The van der Waals surface area contributed by atoms with Crippen LogP contribution in [0.1, 0.15) is 27.0 Å². The standard InChI is InChI=1S/C44H30N2O3/c47-43-41-37(44(49-43)35-25-13-15-27-39(35)48-40-28-16-14-26-36(40)44)29-30-38(45(31-17-5-1-6-18-31)32-19-7-2-8-20-32)42(41)46(33-21-9-3-10-22-33)34-23-11-4-12-24-34/h1-30H. The van der Waals surface area contributed by atoms with Gasteiger partial charge in [0.15, 0.2) is 5.60 Å². The van der Waals surface area contributed by atoms with Gasteiger partial charge in [0, 0.05) is 39.4 Å². The van der Waals surface area contributed by atoms with Crippen LogP contribution in [0.4, 0.5) is 34.1 Å². The molecule has 9 rings (SSSR count). The van der Waals surface area contributed by atoms with E-state index in [1.54, 1.807) is 0 Å². The molecule has 0 amide bonds. The Balaban J connectivity index is 1.42. The van der Waals surface area contributed by atoms with E-state index in [1.165, 1.54) is 0 Å². The largest absolute Gasteiger partial charge is 0.456 e. The molecule has 234 valence electrons. The lowest BCUT2D eigenvalue weighted by Crippen LogP contribution is -2.32. The van der Waals surface area contributed by atoms with Crippen LogP contribution < -0.4 is 14.5 Å². The van der Waals surface area contributed by atoms with E-state index in [0.717, 1.165) is 45.1 Å². The van der Waals surface area contributed by atoms with Crippen LogP contribution in [0.2, 0.25) is 0 Å².